The van der Waals surface area contributed by atoms with Gasteiger partial charge in [0.15, 0.2) is 0 Å². The molecular weight excluding hydrogens is 470 g/mol. The lowest BCUT2D eigenvalue weighted by molar-refractivity contribution is 0.403. The third kappa shape index (κ3) is 3.20. The fraction of sp³-hybridized carbons (Fsp3) is 0.0909. The first-order valence-electron chi connectivity index (χ1n) is 9.87. The van der Waals surface area contributed by atoms with E-state index in [-0.39, 0.29) is 39.0 Å². The van der Waals surface area contributed by atoms with E-state index in [1.165, 1.54) is 52.7 Å². The smallest absolute Gasteiger partial charge is 0.342 e. The van der Waals surface area contributed by atoms with Gasteiger partial charge in [-0.3, -0.25) is 13.8 Å². The van der Waals surface area contributed by atoms with Gasteiger partial charge in [-0.15, -0.1) is 0 Å². The summed E-state index contributed by atoms with van der Waals surface area (Å²) in [7, 11) is 2.95. The maximum atomic E-state index is 13.9. The number of rotatable bonds is 4. The number of hydrogen-bond donors (Lipinski definition) is 1. The van der Waals surface area contributed by atoms with Crippen LogP contribution in [0.5, 0.6) is 5.88 Å². The molecule has 0 saturated heterocycles. The van der Waals surface area contributed by atoms with Gasteiger partial charge in [0, 0.05) is 25.4 Å². The van der Waals surface area contributed by atoms with Crippen LogP contribution in [0.4, 0.5) is 14.6 Å². The van der Waals surface area contributed by atoms with E-state index in [0.717, 1.165) is 16.7 Å². The first-order valence-corrected chi connectivity index (χ1v) is 10.2. The van der Waals surface area contributed by atoms with Crippen LogP contribution in [-0.2, 0) is 0 Å². The summed E-state index contributed by atoms with van der Waals surface area (Å²) in [5.74, 6) is -0.849. The zero-order valence-corrected chi connectivity index (χ0v) is 18.5. The SMILES string of the molecule is CNc1cc2c(c(OC)n1)c(=O)n(-c1cnc3cc(F)ccn13)c(=O)n2-c1ccc(F)c(Cl)c1. The summed E-state index contributed by atoms with van der Waals surface area (Å²) in [5, 5.41) is 2.62. The van der Waals surface area contributed by atoms with Gasteiger partial charge in [-0.25, -0.2) is 23.1 Å². The van der Waals surface area contributed by atoms with Crippen molar-refractivity contribution in [2.45, 2.75) is 0 Å². The van der Waals surface area contributed by atoms with Crippen LogP contribution in [0.1, 0.15) is 0 Å². The second-order valence-electron chi connectivity index (χ2n) is 7.21. The Labute approximate surface area is 194 Å². The van der Waals surface area contributed by atoms with E-state index >= 15 is 0 Å². The molecule has 0 spiro atoms. The lowest BCUT2D eigenvalue weighted by Crippen LogP contribution is -2.39. The summed E-state index contributed by atoms with van der Waals surface area (Å²) in [6.45, 7) is 0. The lowest BCUT2D eigenvalue weighted by Gasteiger charge is -2.16. The van der Waals surface area contributed by atoms with Crippen LogP contribution in [0.25, 0.3) is 28.1 Å². The fourth-order valence-electron chi connectivity index (χ4n) is 3.75. The van der Waals surface area contributed by atoms with E-state index in [9.17, 15) is 18.4 Å². The van der Waals surface area contributed by atoms with Crippen molar-refractivity contribution in [3.63, 3.8) is 0 Å². The number of hydrogen-bond acceptors (Lipinski definition) is 6. The minimum absolute atomic E-state index is 0.0152. The van der Waals surface area contributed by atoms with Crippen molar-refractivity contribution in [1.82, 2.24) is 23.5 Å². The molecule has 0 amide bonds. The van der Waals surface area contributed by atoms with E-state index in [1.54, 1.807) is 7.05 Å². The minimum atomic E-state index is -0.790. The quantitative estimate of drug-likeness (QED) is 0.421. The molecule has 5 rings (SSSR count). The molecule has 172 valence electrons. The molecule has 0 radical (unpaired) electrons. The molecule has 0 bridgehead atoms. The number of methoxy groups -OCH3 is 1. The highest BCUT2D eigenvalue weighted by Gasteiger charge is 2.23. The predicted octanol–water partition coefficient (Wildman–Crippen LogP) is 3.17. The molecule has 0 atom stereocenters. The molecule has 0 aliphatic carbocycles. The Morgan fingerprint density at radius 3 is 2.59 bits per heavy atom. The van der Waals surface area contributed by atoms with E-state index in [0.29, 0.717) is 5.82 Å². The molecule has 4 heterocycles. The summed E-state index contributed by atoms with van der Waals surface area (Å²) in [6, 6.07) is 7.56. The third-order valence-corrected chi connectivity index (χ3v) is 5.59. The zero-order chi connectivity index (χ0) is 24.1. The molecule has 5 aromatic rings. The van der Waals surface area contributed by atoms with Crippen molar-refractivity contribution in [2.75, 3.05) is 19.5 Å². The predicted molar refractivity (Wildman–Crippen MR) is 123 cm³/mol. The highest BCUT2D eigenvalue weighted by atomic mass is 35.5. The van der Waals surface area contributed by atoms with Crippen LogP contribution < -0.4 is 21.3 Å². The van der Waals surface area contributed by atoms with Gasteiger partial charge in [-0.1, -0.05) is 11.6 Å². The van der Waals surface area contributed by atoms with Crippen molar-refractivity contribution >= 4 is 34.0 Å². The van der Waals surface area contributed by atoms with Gasteiger partial charge in [0.2, 0.25) is 5.88 Å². The zero-order valence-electron chi connectivity index (χ0n) is 17.7. The molecule has 4 aromatic heterocycles. The molecular formula is C22H15ClF2N6O3. The van der Waals surface area contributed by atoms with Crippen LogP contribution in [0.15, 0.2) is 58.4 Å². The maximum Gasteiger partial charge on any atom is 0.342 e. The Hall–Kier alpha value is -4.25. The fourth-order valence-corrected chi connectivity index (χ4v) is 3.92. The largest absolute Gasteiger partial charge is 0.480 e. The number of halogens is 3. The average molecular weight is 485 g/mol. The number of fused-ring (bicyclic) bond motifs is 2. The van der Waals surface area contributed by atoms with Gasteiger partial charge in [0.1, 0.15) is 34.3 Å². The van der Waals surface area contributed by atoms with Crippen LogP contribution in [0, 0.1) is 11.6 Å². The summed E-state index contributed by atoms with van der Waals surface area (Å²) >= 11 is 5.99. The van der Waals surface area contributed by atoms with Crippen LogP contribution in [0.3, 0.4) is 0 Å². The van der Waals surface area contributed by atoms with E-state index in [1.807, 2.05) is 0 Å². The van der Waals surface area contributed by atoms with Crippen molar-refractivity contribution in [3.8, 4) is 17.4 Å². The Kier molecular flexibility index (Phi) is 5.05. The van der Waals surface area contributed by atoms with Crippen molar-refractivity contribution in [2.24, 2.45) is 0 Å². The monoisotopic (exact) mass is 484 g/mol. The van der Waals surface area contributed by atoms with Crippen molar-refractivity contribution < 1.29 is 13.5 Å². The molecule has 1 N–H and O–H groups in total. The lowest BCUT2D eigenvalue weighted by atomic mass is 10.2. The number of pyridine rings is 2. The van der Waals surface area contributed by atoms with Gasteiger partial charge in [-0.05, 0) is 24.3 Å². The van der Waals surface area contributed by atoms with Crippen molar-refractivity contribution in [3.05, 3.63) is 86.3 Å². The Morgan fingerprint density at radius 2 is 1.88 bits per heavy atom. The second kappa shape index (κ2) is 7.96. The van der Waals surface area contributed by atoms with Gasteiger partial charge in [0.05, 0.1) is 29.5 Å². The van der Waals surface area contributed by atoms with Gasteiger partial charge >= 0.3 is 5.69 Å². The summed E-state index contributed by atoms with van der Waals surface area (Å²) in [5.41, 5.74) is -0.979. The highest BCUT2D eigenvalue weighted by Crippen LogP contribution is 2.27. The molecule has 34 heavy (non-hydrogen) atoms. The number of nitrogens with one attached hydrogen (secondary N) is 1. The van der Waals surface area contributed by atoms with E-state index < -0.39 is 22.9 Å². The number of aromatic nitrogens is 5. The van der Waals surface area contributed by atoms with Crippen LogP contribution in [-0.4, -0.2) is 37.7 Å². The Balaban J connectivity index is 1.99. The maximum absolute atomic E-state index is 13.9. The number of anilines is 1. The van der Waals surface area contributed by atoms with E-state index in [4.69, 9.17) is 16.3 Å². The van der Waals surface area contributed by atoms with Crippen LogP contribution >= 0.6 is 11.6 Å². The van der Waals surface area contributed by atoms with Crippen molar-refractivity contribution in [1.29, 1.82) is 0 Å². The molecule has 0 aliphatic rings. The normalized spacial score (nSPS) is 11.3. The van der Waals surface area contributed by atoms with Gasteiger partial charge < -0.3 is 10.1 Å². The average Bonchev–Trinajstić information content (AvgIpc) is 3.23. The van der Waals surface area contributed by atoms with Crippen LogP contribution in [0.2, 0.25) is 5.02 Å². The summed E-state index contributed by atoms with van der Waals surface area (Å²) in [6.07, 6.45) is 2.62. The molecule has 0 aliphatic heterocycles. The Bertz CT molecular complexity index is 1730. The number of imidazole rings is 1. The molecule has 0 fully saturated rings. The summed E-state index contributed by atoms with van der Waals surface area (Å²) < 4.78 is 36.4. The number of benzene rings is 1. The topological polar surface area (TPSA) is 95.4 Å². The molecule has 12 heteroatoms. The molecule has 0 unspecified atom stereocenters. The molecule has 0 saturated carbocycles. The molecule has 1 aromatic carbocycles. The van der Waals surface area contributed by atoms with Gasteiger partial charge in [-0.2, -0.15) is 4.98 Å². The summed E-state index contributed by atoms with van der Waals surface area (Å²) in [4.78, 5) is 35.8. The minimum Gasteiger partial charge on any atom is -0.480 e. The first kappa shape index (κ1) is 21.6. The molecule has 9 nitrogen and oxygen atoms in total. The highest BCUT2D eigenvalue weighted by molar-refractivity contribution is 6.30. The number of nitrogens with zero attached hydrogens (tertiary/aromatic N) is 5. The first-order chi connectivity index (χ1) is 16.3. The standard InChI is InChI=1S/C22H15ClF2N6O3/c1-26-16-9-15-19(20(28-16)34-2)21(32)31(18-10-27-17-7-11(24)5-6-29(17)18)22(33)30(15)12-3-4-14(25)13(23)8-12/h3-10H,1-2H3,(H,26,28). The third-order valence-electron chi connectivity index (χ3n) is 5.30. The number of ether oxygens (including phenoxy) is 1. The Morgan fingerprint density at radius 1 is 1.09 bits per heavy atom. The van der Waals surface area contributed by atoms with E-state index in [2.05, 4.69) is 15.3 Å². The second-order valence-corrected chi connectivity index (χ2v) is 7.61. The van der Waals surface area contributed by atoms with Gasteiger partial charge in [0.25, 0.3) is 5.56 Å².